The van der Waals surface area contributed by atoms with Gasteiger partial charge in [0, 0.05) is 11.5 Å². The highest BCUT2D eigenvalue weighted by Gasteiger charge is 2.30. The molecule has 0 amide bonds. The molecular weight excluding hydrogens is 282 g/mol. The van der Waals surface area contributed by atoms with E-state index in [1.165, 1.54) is 38.5 Å². The third-order valence-corrected chi connectivity index (χ3v) is 4.88. The molecule has 0 aromatic rings. The van der Waals surface area contributed by atoms with Gasteiger partial charge in [0.15, 0.2) is 0 Å². The normalized spacial score (nSPS) is 12.9. The number of rotatable bonds is 13. The Hall–Kier alpha value is -0.370. The van der Waals surface area contributed by atoms with Crippen LogP contribution in [0.4, 0.5) is 0 Å². The monoisotopic (exact) mass is 325 g/mol. The van der Waals surface area contributed by atoms with Gasteiger partial charge >= 0.3 is 0 Å². The average Bonchev–Trinajstić information content (AvgIpc) is 2.44. The number of hydrogen-bond acceptors (Lipinski definition) is 2. The molecule has 0 aliphatic rings. The highest BCUT2D eigenvalue weighted by Crippen LogP contribution is 2.30. The van der Waals surface area contributed by atoms with Gasteiger partial charge in [0.25, 0.3) is 0 Å². The van der Waals surface area contributed by atoms with E-state index in [-0.39, 0.29) is 11.5 Å². The Morgan fingerprint density at radius 3 is 1.35 bits per heavy atom. The lowest BCUT2D eigenvalue weighted by Gasteiger charge is -2.37. The molecule has 0 heterocycles. The van der Waals surface area contributed by atoms with Crippen molar-refractivity contribution in [1.29, 1.82) is 0 Å². The zero-order valence-corrected chi connectivity index (χ0v) is 17.2. The first-order chi connectivity index (χ1) is 10.6. The second kappa shape index (κ2) is 11.2. The van der Waals surface area contributed by atoms with Gasteiger partial charge in [-0.15, -0.1) is 0 Å². The summed E-state index contributed by atoms with van der Waals surface area (Å²) in [6, 6.07) is 0. The molecule has 0 rings (SSSR count). The van der Waals surface area contributed by atoms with Crippen LogP contribution >= 0.6 is 0 Å². The van der Waals surface area contributed by atoms with Crippen molar-refractivity contribution in [2.24, 2.45) is 23.7 Å². The lowest BCUT2D eigenvalue weighted by molar-refractivity contribution is -0.121. The second-order valence-corrected chi connectivity index (χ2v) is 9.05. The fourth-order valence-corrected chi connectivity index (χ4v) is 2.81. The van der Waals surface area contributed by atoms with Crippen molar-refractivity contribution in [3.63, 3.8) is 0 Å². The first kappa shape index (κ1) is 22.6. The zero-order chi connectivity index (χ0) is 18.0. The van der Waals surface area contributed by atoms with Crippen LogP contribution in [-0.4, -0.2) is 17.9 Å². The molecule has 0 radical (unpaired) electrons. The minimum Gasteiger partial charge on any atom is -0.304 e. The lowest BCUT2D eigenvalue weighted by atomic mass is 9.79. The Balaban J connectivity index is 5.03. The molecule has 0 fully saturated rings. The molecule has 1 N–H and O–H groups in total. The fourth-order valence-electron chi connectivity index (χ4n) is 2.81. The van der Waals surface area contributed by atoms with Crippen LogP contribution in [-0.2, 0) is 4.79 Å². The molecule has 23 heavy (non-hydrogen) atoms. The molecule has 0 atom stereocenters. The van der Waals surface area contributed by atoms with Crippen molar-refractivity contribution >= 4 is 5.78 Å². The molecule has 2 heteroatoms. The maximum atomic E-state index is 12.1. The molecule has 0 bridgehead atoms. The number of nitrogens with one attached hydrogen (secondary N) is 1. The highest BCUT2D eigenvalue weighted by atomic mass is 16.1. The minimum absolute atomic E-state index is 0.125. The first-order valence-electron chi connectivity index (χ1n) is 9.85. The van der Waals surface area contributed by atoms with E-state index < -0.39 is 0 Å². The van der Waals surface area contributed by atoms with Crippen LogP contribution in [0.5, 0.6) is 0 Å². The molecule has 138 valence electrons. The molecule has 0 aliphatic heterocycles. The molecule has 0 aromatic heterocycles. The first-order valence-corrected chi connectivity index (χ1v) is 9.85. The van der Waals surface area contributed by atoms with Crippen molar-refractivity contribution in [3.05, 3.63) is 0 Å². The standard InChI is InChI=1S/C21H43NO/c1-16(2)9-12-21(13-10-17(3)4,14-11-18(5)6)22-15-20(23)19(7)8/h16-19,22H,9-15H2,1-8H3. The Bertz CT molecular complexity index is 287. The summed E-state index contributed by atoms with van der Waals surface area (Å²) in [5, 5.41) is 3.73. The summed E-state index contributed by atoms with van der Waals surface area (Å²) in [6.07, 6.45) is 7.28. The molecule has 0 saturated heterocycles. The molecule has 0 unspecified atom stereocenters. The number of hydrogen-bond donors (Lipinski definition) is 1. The fraction of sp³-hybridized carbons (Fsp3) is 0.952. The van der Waals surface area contributed by atoms with Crippen molar-refractivity contribution in [2.75, 3.05) is 6.54 Å². The molecule has 0 aliphatic carbocycles. The molecule has 0 saturated carbocycles. The van der Waals surface area contributed by atoms with E-state index >= 15 is 0 Å². The average molecular weight is 326 g/mol. The van der Waals surface area contributed by atoms with E-state index in [1.54, 1.807) is 0 Å². The van der Waals surface area contributed by atoms with Crippen molar-refractivity contribution in [3.8, 4) is 0 Å². The van der Waals surface area contributed by atoms with Crippen LogP contribution in [0.2, 0.25) is 0 Å². The summed E-state index contributed by atoms with van der Waals surface area (Å²) in [6.45, 7) is 18.3. The summed E-state index contributed by atoms with van der Waals surface area (Å²) < 4.78 is 0. The van der Waals surface area contributed by atoms with E-state index in [2.05, 4.69) is 46.9 Å². The predicted octanol–water partition coefficient (Wildman–Crippen LogP) is 5.85. The Morgan fingerprint density at radius 1 is 0.739 bits per heavy atom. The second-order valence-electron chi connectivity index (χ2n) is 9.05. The maximum absolute atomic E-state index is 12.1. The summed E-state index contributed by atoms with van der Waals surface area (Å²) in [7, 11) is 0. The molecular formula is C21H43NO. The van der Waals surface area contributed by atoms with Crippen LogP contribution in [0.25, 0.3) is 0 Å². The molecule has 0 spiro atoms. The SMILES string of the molecule is CC(C)CCC(CCC(C)C)(CCC(C)C)NCC(=O)C(C)C. The van der Waals surface area contributed by atoms with Gasteiger partial charge in [0.05, 0.1) is 6.54 Å². The molecule has 0 aromatic carbocycles. The van der Waals surface area contributed by atoms with Crippen LogP contribution in [0.15, 0.2) is 0 Å². The highest BCUT2D eigenvalue weighted by molar-refractivity contribution is 5.82. The predicted molar refractivity (Wildman–Crippen MR) is 103 cm³/mol. The minimum atomic E-state index is 0.125. The van der Waals surface area contributed by atoms with Gasteiger partial charge in [0.1, 0.15) is 5.78 Å². The van der Waals surface area contributed by atoms with E-state index in [1.807, 2.05) is 13.8 Å². The summed E-state index contributed by atoms with van der Waals surface area (Å²) in [4.78, 5) is 12.1. The lowest BCUT2D eigenvalue weighted by Crippen LogP contribution is -2.48. The third-order valence-electron chi connectivity index (χ3n) is 4.88. The van der Waals surface area contributed by atoms with Crippen LogP contribution in [0.1, 0.15) is 93.9 Å². The number of Topliss-reactive ketones (excluding diaryl/α,β-unsaturated/α-hetero) is 1. The Kier molecular flexibility index (Phi) is 11.1. The number of carbonyl (C=O) groups is 1. The van der Waals surface area contributed by atoms with E-state index in [4.69, 9.17) is 0 Å². The van der Waals surface area contributed by atoms with Crippen molar-refractivity contribution in [2.45, 2.75) is 99.5 Å². The van der Waals surface area contributed by atoms with Gasteiger partial charge in [-0.05, 0) is 56.3 Å². The topological polar surface area (TPSA) is 29.1 Å². The largest absolute Gasteiger partial charge is 0.304 e. The quantitative estimate of drug-likeness (QED) is 0.460. The van der Waals surface area contributed by atoms with E-state index in [0.717, 1.165) is 17.8 Å². The van der Waals surface area contributed by atoms with E-state index in [9.17, 15) is 4.79 Å². The summed E-state index contributed by atoms with van der Waals surface area (Å²) in [5.41, 5.74) is 0.142. The van der Waals surface area contributed by atoms with Crippen LogP contribution in [0, 0.1) is 23.7 Å². The molecule has 2 nitrogen and oxygen atoms in total. The number of ketones is 1. The Labute approximate surface area is 146 Å². The maximum Gasteiger partial charge on any atom is 0.149 e. The Morgan fingerprint density at radius 2 is 1.09 bits per heavy atom. The smallest absolute Gasteiger partial charge is 0.149 e. The third kappa shape index (κ3) is 10.9. The van der Waals surface area contributed by atoms with Gasteiger partial charge in [0.2, 0.25) is 0 Å². The van der Waals surface area contributed by atoms with Gasteiger partial charge in [-0.2, -0.15) is 0 Å². The summed E-state index contributed by atoms with van der Waals surface area (Å²) in [5.74, 6) is 2.62. The zero-order valence-electron chi connectivity index (χ0n) is 17.2. The van der Waals surface area contributed by atoms with Gasteiger partial charge in [-0.25, -0.2) is 0 Å². The van der Waals surface area contributed by atoms with Gasteiger partial charge < -0.3 is 5.32 Å². The number of carbonyl (C=O) groups excluding carboxylic acids is 1. The van der Waals surface area contributed by atoms with Gasteiger partial charge in [-0.3, -0.25) is 4.79 Å². The van der Waals surface area contributed by atoms with Gasteiger partial charge in [-0.1, -0.05) is 55.4 Å². The van der Waals surface area contributed by atoms with Crippen LogP contribution < -0.4 is 5.32 Å². The van der Waals surface area contributed by atoms with E-state index in [0.29, 0.717) is 12.3 Å². The van der Waals surface area contributed by atoms with Crippen molar-refractivity contribution < 1.29 is 4.79 Å². The van der Waals surface area contributed by atoms with Crippen molar-refractivity contribution in [1.82, 2.24) is 5.32 Å². The summed E-state index contributed by atoms with van der Waals surface area (Å²) >= 11 is 0. The van der Waals surface area contributed by atoms with Crippen LogP contribution in [0.3, 0.4) is 0 Å².